The number of amides is 1. The molecule has 20 heavy (non-hydrogen) atoms. The third-order valence-electron chi connectivity index (χ3n) is 3.79. The Kier molecular flexibility index (Phi) is 3.18. The highest BCUT2D eigenvalue weighted by Gasteiger charge is 2.38. The highest BCUT2D eigenvalue weighted by molar-refractivity contribution is 6.01. The van der Waals surface area contributed by atoms with E-state index in [1.807, 2.05) is 6.20 Å². The van der Waals surface area contributed by atoms with Gasteiger partial charge in [0.15, 0.2) is 5.96 Å². The lowest BCUT2D eigenvalue weighted by atomic mass is 9.92. The monoisotopic (exact) mass is 270 g/mol. The Bertz CT molecular complexity index is 588. The van der Waals surface area contributed by atoms with E-state index in [-0.39, 0.29) is 24.0 Å². The number of aryl methyl sites for hydroxylation is 2. The van der Waals surface area contributed by atoms with Gasteiger partial charge in [-0.3, -0.25) is 10.1 Å². The van der Waals surface area contributed by atoms with E-state index in [0.717, 1.165) is 18.4 Å². The number of guanidine groups is 1. The first kappa shape index (κ1) is 12.7. The summed E-state index contributed by atoms with van der Waals surface area (Å²) in [5.41, 5.74) is 9.18. The Morgan fingerprint density at radius 2 is 2.00 bits per heavy atom. The van der Waals surface area contributed by atoms with Crippen LogP contribution in [0.2, 0.25) is 0 Å². The first-order chi connectivity index (χ1) is 9.63. The van der Waals surface area contributed by atoms with Crippen LogP contribution in [0.3, 0.4) is 0 Å². The number of carbonyl (C=O) groups excluding carboxylic acids is 1. The molecule has 5 heteroatoms. The standard InChI is InChI=1S/C15H18N4O/c1-9-2-4-10(5-3-9)6-7-11-8-17-13-12(11)14(20)19-15(16)18-13/h2-5,8,12-13,17H,6-7H2,1H3,(H3,16,18,19,20). The Morgan fingerprint density at radius 1 is 1.25 bits per heavy atom. The van der Waals surface area contributed by atoms with E-state index < -0.39 is 0 Å². The van der Waals surface area contributed by atoms with E-state index in [1.54, 1.807) is 0 Å². The number of nitrogens with one attached hydrogen (secondary N) is 2. The summed E-state index contributed by atoms with van der Waals surface area (Å²) in [4.78, 5) is 16.2. The fourth-order valence-electron chi connectivity index (χ4n) is 2.66. The number of nitrogens with zero attached hydrogens (tertiary/aromatic N) is 1. The summed E-state index contributed by atoms with van der Waals surface area (Å²) >= 11 is 0. The third-order valence-corrected chi connectivity index (χ3v) is 3.79. The predicted molar refractivity (Wildman–Crippen MR) is 77.8 cm³/mol. The molecular formula is C15H18N4O. The molecule has 0 aliphatic carbocycles. The molecule has 3 rings (SSSR count). The van der Waals surface area contributed by atoms with E-state index in [9.17, 15) is 4.79 Å². The van der Waals surface area contributed by atoms with Crippen LogP contribution in [0.1, 0.15) is 17.5 Å². The Labute approximate surface area is 118 Å². The van der Waals surface area contributed by atoms with Gasteiger partial charge in [-0.15, -0.1) is 0 Å². The minimum atomic E-state index is -0.239. The van der Waals surface area contributed by atoms with Gasteiger partial charge in [-0.25, -0.2) is 4.99 Å². The van der Waals surface area contributed by atoms with E-state index in [1.165, 1.54) is 11.1 Å². The average Bonchev–Trinajstić information content (AvgIpc) is 2.81. The van der Waals surface area contributed by atoms with Gasteiger partial charge in [0.05, 0.1) is 0 Å². The van der Waals surface area contributed by atoms with Crippen molar-refractivity contribution in [3.05, 3.63) is 47.2 Å². The largest absolute Gasteiger partial charge is 0.370 e. The summed E-state index contributed by atoms with van der Waals surface area (Å²) in [6.07, 6.45) is 3.44. The summed E-state index contributed by atoms with van der Waals surface area (Å²) < 4.78 is 0. The number of nitrogens with two attached hydrogens (primary N) is 1. The van der Waals surface area contributed by atoms with Crippen molar-refractivity contribution < 1.29 is 4.79 Å². The molecule has 0 saturated heterocycles. The molecule has 1 aromatic carbocycles. The van der Waals surface area contributed by atoms with Crippen LogP contribution >= 0.6 is 0 Å². The second-order valence-electron chi connectivity index (χ2n) is 5.30. The van der Waals surface area contributed by atoms with Crippen molar-refractivity contribution in [3.63, 3.8) is 0 Å². The van der Waals surface area contributed by atoms with Gasteiger partial charge in [0.1, 0.15) is 12.1 Å². The van der Waals surface area contributed by atoms with E-state index in [0.29, 0.717) is 0 Å². The molecule has 2 aliphatic rings. The van der Waals surface area contributed by atoms with Crippen molar-refractivity contribution in [1.82, 2.24) is 10.6 Å². The molecule has 0 saturated carbocycles. The van der Waals surface area contributed by atoms with Crippen molar-refractivity contribution in [1.29, 1.82) is 0 Å². The molecule has 0 aromatic heterocycles. The van der Waals surface area contributed by atoms with Gasteiger partial charge in [-0.05, 0) is 37.1 Å². The van der Waals surface area contributed by atoms with Crippen LogP contribution < -0.4 is 16.4 Å². The van der Waals surface area contributed by atoms with Crippen LogP contribution in [-0.2, 0) is 11.2 Å². The lowest BCUT2D eigenvalue weighted by molar-refractivity contribution is -0.123. The molecule has 0 spiro atoms. The molecule has 4 N–H and O–H groups in total. The lowest BCUT2D eigenvalue weighted by Gasteiger charge is -2.24. The quantitative estimate of drug-likeness (QED) is 0.760. The molecule has 1 aromatic rings. The second-order valence-corrected chi connectivity index (χ2v) is 5.30. The predicted octanol–water partition coefficient (Wildman–Crippen LogP) is 0.802. The number of benzene rings is 1. The molecule has 2 heterocycles. The van der Waals surface area contributed by atoms with Gasteiger partial charge in [0.25, 0.3) is 0 Å². The Hall–Kier alpha value is -2.30. The maximum absolute atomic E-state index is 12.0. The first-order valence-electron chi connectivity index (χ1n) is 6.78. The van der Waals surface area contributed by atoms with Crippen LogP contribution in [0.5, 0.6) is 0 Å². The van der Waals surface area contributed by atoms with Gasteiger partial charge in [-0.1, -0.05) is 29.8 Å². The fourth-order valence-corrected chi connectivity index (χ4v) is 2.66. The topological polar surface area (TPSA) is 79.5 Å². The molecule has 2 unspecified atom stereocenters. The maximum atomic E-state index is 12.0. The van der Waals surface area contributed by atoms with Crippen molar-refractivity contribution in [2.75, 3.05) is 0 Å². The van der Waals surface area contributed by atoms with Crippen molar-refractivity contribution >= 4 is 11.9 Å². The van der Waals surface area contributed by atoms with Crippen LogP contribution in [0.4, 0.5) is 0 Å². The zero-order valence-corrected chi connectivity index (χ0v) is 11.4. The lowest BCUT2D eigenvalue weighted by Crippen LogP contribution is -2.50. The molecule has 0 radical (unpaired) electrons. The molecule has 5 nitrogen and oxygen atoms in total. The Balaban J connectivity index is 1.67. The van der Waals surface area contributed by atoms with Crippen LogP contribution in [0.25, 0.3) is 0 Å². The molecule has 0 bridgehead atoms. The van der Waals surface area contributed by atoms with E-state index >= 15 is 0 Å². The molecule has 1 amide bonds. The first-order valence-corrected chi connectivity index (χ1v) is 6.78. The smallest absolute Gasteiger partial charge is 0.238 e. The number of hydrogen-bond acceptors (Lipinski definition) is 4. The number of fused-ring (bicyclic) bond motifs is 1. The molecule has 0 fully saturated rings. The van der Waals surface area contributed by atoms with Crippen molar-refractivity contribution in [2.24, 2.45) is 16.6 Å². The van der Waals surface area contributed by atoms with E-state index in [2.05, 4.69) is 46.8 Å². The number of rotatable bonds is 3. The van der Waals surface area contributed by atoms with Crippen LogP contribution in [0, 0.1) is 12.8 Å². The summed E-state index contributed by atoms with van der Waals surface area (Å²) in [5.74, 6) is -0.104. The average molecular weight is 270 g/mol. The van der Waals surface area contributed by atoms with Crippen molar-refractivity contribution in [2.45, 2.75) is 25.9 Å². The number of aliphatic imine (C=N–C) groups is 1. The number of carbonyl (C=O) groups is 1. The summed E-state index contributed by atoms with van der Waals surface area (Å²) in [6, 6.07) is 8.48. The van der Waals surface area contributed by atoms with E-state index in [4.69, 9.17) is 5.73 Å². The normalized spacial score (nSPS) is 24.4. The zero-order chi connectivity index (χ0) is 14.1. The van der Waals surface area contributed by atoms with Gasteiger partial charge in [0, 0.05) is 0 Å². The summed E-state index contributed by atoms with van der Waals surface area (Å²) in [6.45, 7) is 2.08. The van der Waals surface area contributed by atoms with Gasteiger partial charge in [0.2, 0.25) is 5.91 Å². The molecular weight excluding hydrogens is 252 g/mol. The third kappa shape index (κ3) is 2.39. The molecule has 2 aliphatic heterocycles. The van der Waals surface area contributed by atoms with Gasteiger partial charge < -0.3 is 11.1 Å². The molecule has 2 atom stereocenters. The van der Waals surface area contributed by atoms with Gasteiger partial charge >= 0.3 is 0 Å². The maximum Gasteiger partial charge on any atom is 0.238 e. The van der Waals surface area contributed by atoms with Crippen molar-refractivity contribution in [3.8, 4) is 0 Å². The molecule has 104 valence electrons. The minimum absolute atomic E-state index is 0.0670. The Morgan fingerprint density at radius 3 is 2.75 bits per heavy atom. The van der Waals surface area contributed by atoms with Crippen LogP contribution in [-0.4, -0.2) is 18.0 Å². The zero-order valence-electron chi connectivity index (χ0n) is 11.4. The SMILES string of the molecule is Cc1ccc(CCC2=CNC3N=C(N)NC(=O)C23)cc1. The minimum Gasteiger partial charge on any atom is -0.370 e. The number of hydrogen-bond donors (Lipinski definition) is 3. The summed E-state index contributed by atoms with van der Waals surface area (Å²) in [7, 11) is 0. The second kappa shape index (κ2) is 5.00. The summed E-state index contributed by atoms with van der Waals surface area (Å²) in [5, 5.41) is 5.72. The fraction of sp³-hybridized carbons (Fsp3) is 0.333. The van der Waals surface area contributed by atoms with Gasteiger partial charge in [-0.2, -0.15) is 0 Å². The highest BCUT2D eigenvalue weighted by Crippen LogP contribution is 2.28. The highest BCUT2D eigenvalue weighted by atomic mass is 16.2. The van der Waals surface area contributed by atoms with Crippen LogP contribution in [0.15, 0.2) is 41.0 Å².